The zero-order chi connectivity index (χ0) is 33.3. The van der Waals surface area contributed by atoms with Crippen LogP contribution >= 0.6 is 0 Å². The summed E-state index contributed by atoms with van der Waals surface area (Å²) >= 11 is 0. The molecule has 4 aromatic rings. The number of amides is 2. The Kier molecular flexibility index (Phi) is 11.1. The summed E-state index contributed by atoms with van der Waals surface area (Å²) in [6, 6.07) is 25.0. The third-order valence-corrected chi connectivity index (χ3v) is 8.46. The number of hydrogen-bond acceptors (Lipinski definition) is 5. The van der Waals surface area contributed by atoms with E-state index in [-0.39, 0.29) is 31.8 Å². The fraction of sp³-hybridized carbons (Fsp3) is 0.342. The summed E-state index contributed by atoms with van der Waals surface area (Å²) < 4.78 is 14.1. The first-order chi connectivity index (χ1) is 22.8. The second kappa shape index (κ2) is 15.6. The number of carboxylic acid groups (broad SMARTS) is 1. The van der Waals surface area contributed by atoms with E-state index in [2.05, 4.69) is 68.4 Å². The minimum Gasteiger partial charge on any atom is -0.492 e. The van der Waals surface area contributed by atoms with Crippen LogP contribution in [0.1, 0.15) is 61.2 Å². The predicted molar refractivity (Wildman–Crippen MR) is 185 cm³/mol. The number of hydrogen-bond donors (Lipinski definition) is 1. The molecule has 2 amide bonds. The minimum atomic E-state index is -1.07. The Hall–Kier alpha value is -4.89. The fourth-order valence-corrected chi connectivity index (χ4v) is 5.95. The van der Waals surface area contributed by atoms with Crippen LogP contribution in [0.25, 0.3) is 22.0 Å². The van der Waals surface area contributed by atoms with Gasteiger partial charge in [0.25, 0.3) is 0 Å². The lowest BCUT2D eigenvalue weighted by Crippen LogP contribution is -2.33. The van der Waals surface area contributed by atoms with Crippen molar-refractivity contribution in [2.75, 3.05) is 40.4 Å². The van der Waals surface area contributed by atoms with Crippen LogP contribution in [0.15, 0.2) is 84.9 Å². The molecule has 246 valence electrons. The van der Waals surface area contributed by atoms with Gasteiger partial charge in [-0.05, 0) is 84.7 Å². The quantitative estimate of drug-likeness (QED) is 0.128. The molecule has 5 rings (SSSR count). The second-order valence-electron chi connectivity index (χ2n) is 11.9. The van der Waals surface area contributed by atoms with Crippen molar-refractivity contribution in [2.24, 2.45) is 0 Å². The highest BCUT2D eigenvalue weighted by molar-refractivity contribution is 6.00. The second-order valence-corrected chi connectivity index (χ2v) is 11.9. The van der Waals surface area contributed by atoms with Crippen molar-refractivity contribution in [3.8, 4) is 5.75 Å². The maximum absolute atomic E-state index is 11.8. The number of rotatable bonds is 12. The third kappa shape index (κ3) is 8.10. The number of ether oxygens (including phenoxy) is 2. The summed E-state index contributed by atoms with van der Waals surface area (Å²) in [6.45, 7) is 5.45. The van der Waals surface area contributed by atoms with Gasteiger partial charge in [0.05, 0.1) is 17.8 Å². The SMILES string of the molecule is CCC(=C(c1ccc(OCCN(CC=CC(=O)N(C)C)C(=O)O)cc1)c1ccc2c(c1)c(C)nn2C1CCCCO1)c1ccccc1. The van der Waals surface area contributed by atoms with Crippen molar-refractivity contribution in [1.82, 2.24) is 19.6 Å². The van der Waals surface area contributed by atoms with E-state index in [1.807, 2.05) is 22.9 Å². The molecule has 9 nitrogen and oxygen atoms in total. The summed E-state index contributed by atoms with van der Waals surface area (Å²) in [5.74, 6) is 0.451. The number of carbonyl (C=O) groups excluding carboxylic acids is 1. The van der Waals surface area contributed by atoms with E-state index in [4.69, 9.17) is 14.6 Å². The molecular formula is C38H44N4O5. The first-order valence-electron chi connectivity index (χ1n) is 16.2. The molecule has 0 bridgehead atoms. The number of aryl methyl sites for hydroxylation is 1. The van der Waals surface area contributed by atoms with Crippen LogP contribution in [-0.2, 0) is 9.53 Å². The van der Waals surface area contributed by atoms with Crippen molar-refractivity contribution < 1.29 is 24.2 Å². The van der Waals surface area contributed by atoms with Crippen LogP contribution in [0.4, 0.5) is 4.79 Å². The number of aromatic nitrogens is 2. The van der Waals surface area contributed by atoms with Gasteiger partial charge >= 0.3 is 6.09 Å². The van der Waals surface area contributed by atoms with Crippen LogP contribution in [-0.4, -0.2) is 77.1 Å². The van der Waals surface area contributed by atoms with Crippen molar-refractivity contribution in [2.45, 2.75) is 45.8 Å². The topological polar surface area (TPSA) is 97.1 Å². The van der Waals surface area contributed by atoms with Crippen LogP contribution in [0.3, 0.4) is 0 Å². The van der Waals surface area contributed by atoms with E-state index in [0.717, 1.165) is 65.6 Å². The molecule has 1 N–H and O–H groups in total. The van der Waals surface area contributed by atoms with Gasteiger partial charge in [0.15, 0.2) is 6.23 Å². The molecule has 1 aromatic heterocycles. The highest BCUT2D eigenvalue weighted by atomic mass is 16.5. The molecule has 1 saturated heterocycles. The van der Waals surface area contributed by atoms with Gasteiger partial charge in [-0.3, -0.25) is 4.79 Å². The van der Waals surface area contributed by atoms with Crippen LogP contribution in [0, 0.1) is 6.92 Å². The lowest BCUT2D eigenvalue weighted by Gasteiger charge is -2.23. The summed E-state index contributed by atoms with van der Waals surface area (Å²) in [4.78, 5) is 26.1. The van der Waals surface area contributed by atoms with E-state index in [1.165, 1.54) is 27.0 Å². The summed E-state index contributed by atoms with van der Waals surface area (Å²) in [5.41, 5.74) is 7.77. The molecule has 2 heterocycles. The Morgan fingerprint density at radius 3 is 2.43 bits per heavy atom. The van der Waals surface area contributed by atoms with Gasteiger partial charge < -0.3 is 24.4 Å². The first-order valence-corrected chi connectivity index (χ1v) is 16.2. The standard InChI is InChI=1S/C38H44N4O5/c1-5-32(28-12-7-6-8-13-28)37(30-18-21-34-33(26-30)27(2)39-42(34)36-15-9-10-24-47-36)29-16-19-31(20-17-29)46-25-23-41(38(44)45)22-11-14-35(43)40(3)4/h6-8,11-14,16-21,26,36H,5,9-10,15,22-25H2,1-4H3,(H,44,45). The molecule has 1 fully saturated rings. The first kappa shape index (κ1) is 33.5. The number of fused-ring (bicyclic) bond motifs is 1. The van der Waals surface area contributed by atoms with Gasteiger partial charge in [-0.25, -0.2) is 9.48 Å². The van der Waals surface area contributed by atoms with Crippen LogP contribution in [0.2, 0.25) is 0 Å². The Morgan fingerprint density at radius 2 is 1.77 bits per heavy atom. The van der Waals surface area contributed by atoms with Crippen molar-refractivity contribution in [3.63, 3.8) is 0 Å². The molecule has 47 heavy (non-hydrogen) atoms. The van der Waals surface area contributed by atoms with Gasteiger partial charge in [0.2, 0.25) is 5.91 Å². The number of carbonyl (C=O) groups is 2. The van der Waals surface area contributed by atoms with Gasteiger partial charge in [-0.2, -0.15) is 5.10 Å². The normalized spacial score (nSPS) is 15.4. The molecule has 0 saturated carbocycles. The van der Waals surface area contributed by atoms with Gasteiger partial charge in [-0.1, -0.05) is 61.5 Å². The number of benzene rings is 3. The Morgan fingerprint density at radius 1 is 1.02 bits per heavy atom. The molecule has 0 radical (unpaired) electrons. The lowest BCUT2D eigenvalue weighted by atomic mass is 9.87. The predicted octanol–water partition coefficient (Wildman–Crippen LogP) is 7.42. The zero-order valence-electron chi connectivity index (χ0n) is 27.7. The number of allylic oxidation sites excluding steroid dienone is 1. The van der Waals surface area contributed by atoms with E-state index < -0.39 is 6.09 Å². The molecule has 0 aliphatic carbocycles. The van der Waals surface area contributed by atoms with Gasteiger partial charge in [-0.15, -0.1) is 0 Å². The summed E-state index contributed by atoms with van der Waals surface area (Å²) in [6.07, 6.45) is 5.85. The molecule has 1 aliphatic rings. The molecule has 9 heteroatoms. The molecule has 1 atom stereocenters. The minimum absolute atomic E-state index is 0.0322. The van der Waals surface area contributed by atoms with Gasteiger partial charge in [0.1, 0.15) is 12.4 Å². The molecule has 1 aliphatic heterocycles. The average molecular weight is 637 g/mol. The molecule has 1 unspecified atom stereocenters. The summed E-state index contributed by atoms with van der Waals surface area (Å²) in [5, 5.41) is 15.6. The monoisotopic (exact) mass is 636 g/mol. The highest BCUT2D eigenvalue weighted by Crippen LogP contribution is 2.37. The van der Waals surface area contributed by atoms with Crippen molar-refractivity contribution >= 4 is 34.0 Å². The fourth-order valence-electron chi connectivity index (χ4n) is 5.95. The van der Waals surface area contributed by atoms with E-state index >= 15 is 0 Å². The smallest absolute Gasteiger partial charge is 0.407 e. The Balaban J connectivity index is 1.40. The highest BCUT2D eigenvalue weighted by Gasteiger charge is 2.21. The maximum atomic E-state index is 11.8. The van der Waals surface area contributed by atoms with Crippen LogP contribution in [0.5, 0.6) is 5.75 Å². The van der Waals surface area contributed by atoms with Crippen molar-refractivity contribution in [3.05, 3.63) is 107 Å². The third-order valence-electron chi connectivity index (χ3n) is 8.46. The number of likely N-dealkylation sites (N-methyl/N-ethyl adjacent to an activating group) is 1. The average Bonchev–Trinajstić information content (AvgIpc) is 3.42. The molecule has 0 spiro atoms. The molecular weight excluding hydrogens is 592 g/mol. The maximum Gasteiger partial charge on any atom is 0.407 e. The Bertz CT molecular complexity index is 1740. The zero-order valence-corrected chi connectivity index (χ0v) is 27.7. The van der Waals surface area contributed by atoms with Gasteiger partial charge in [0, 0.05) is 38.7 Å². The largest absolute Gasteiger partial charge is 0.492 e. The summed E-state index contributed by atoms with van der Waals surface area (Å²) in [7, 11) is 3.29. The van der Waals surface area contributed by atoms with E-state index in [1.54, 1.807) is 20.2 Å². The molecule has 3 aromatic carbocycles. The Labute approximate surface area is 276 Å². The van der Waals surface area contributed by atoms with Crippen molar-refractivity contribution in [1.29, 1.82) is 0 Å². The van der Waals surface area contributed by atoms with E-state index in [9.17, 15) is 14.7 Å². The van der Waals surface area contributed by atoms with Crippen LogP contribution < -0.4 is 4.74 Å². The number of nitrogens with zero attached hydrogens (tertiary/aromatic N) is 4. The lowest BCUT2D eigenvalue weighted by molar-refractivity contribution is -0.123. The van der Waals surface area contributed by atoms with E-state index in [0.29, 0.717) is 5.75 Å².